The van der Waals surface area contributed by atoms with E-state index in [0.29, 0.717) is 17.4 Å². The molecule has 24 heavy (non-hydrogen) atoms. The molecule has 4 rings (SSSR count). The predicted molar refractivity (Wildman–Crippen MR) is 90.3 cm³/mol. The Labute approximate surface area is 142 Å². The maximum atomic E-state index is 13.4. The summed E-state index contributed by atoms with van der Waals surface area (Å²) in [5, 5.41) is 9.73. The van der Waals surface area contributed by atoms with Gasteiger partial charge in [0.05, 0.1) is 6.10 Å². The molecule has 3 aliphatic rings. The average Bonchev–Trinajstić information content (AvgIpc) is 2.99. The van der Waals surface area contributed by atoms with E-state index < -0.39 is 5.95 Å². The molecule has 0 radical (unpaired) electrons. The number of aliphatic hydroxyl groups excluding tert-OH is 1. The molecule has 0 bridgehead atoms. The molecule has 1 aliphatic carbocycles. The Morgan fingerprint density at radius 3 is 2.75 bits per heavy atom. The second-order valence-corrected chi connectivity index (χ2v) is 7.89. The van der Waals surface area contributed by atoms with Gasteiger partial charge in [-0.05, 0) is 51.5 Å². The second kappa shape index (κ2) is 6.56. The third-order valence-corrected chi connectivity index (χ3v) is 6.20. The van der Waals surface area contributed by atoms with Crippen LogP contribution in [-0.2, 0) is 0 Å². The maximum Gasteiger partial charge on any atom is 0.227 e. The third-order valence-electron chi connectivity index (χ3n) is 6.20. The second-order valence-electron chi connectivity index (χ2n) is 7.89. The van der Waals surface area contributed by atoms with Gasteiger partial charge in [0.1, 0.15) is 0 Å². The summed E-state index contributed by atoms with van der Waals surface area (Å²) in [5.41, 5.74) is 0.296. The van der Waals surface area contributed by atoms with Crippen LogP contribution in [0.4, 0.5) is 10.3 Å². The summed E-state index contributed by atoms with van der Waals surface area (Å²) in [6.45, 7) is 4.13. The van der Waals surface area contributed by atoms with Crippen molar-refractivity contribution < 1.29 is 9.50 Å². The fraction of sp³-hybridized carbons (Fsp3) is 0.778. The highest BCUT2D eigenvalue weighted by Gasteiger charge is 2.44. The van der Waals surface area contributed by atoms with Gasteiger partial charge in [-0.3, -0.25) is 4.90 Å². The molecule has 1 saturated carbocycles. The number of hydrogen-bond donors (Lipinski definition) is 1. The summed E-state index contributed by atoms with van der Waals surface area (Å²) in [4.78, 5) is 13.1. The number of anilines is 1. The first kappa shape index (κ1) is 16.2. The Balaban J connectivity index is 1.42. The van der Waals surface area contributed by atoms with E-state index >= 15 is 0 Å². The Morgan fingerprint density at radius 2 is 1.96 bits per heavy atom. The van der Waals surface area contributed by atoms with Gasteiger partial charge in [0.2, 0.25) is 11.9 Å². The third kappa shape index (κ3) is 3.26. The topological polar surface area (TPSA) is 52.5 Å². The number of piperidine rings is 1. The largest absolute Gasteiger partial charge is 0.393 e. The van der Waals surface area contributed by atoms with Gasteiger partial charge in [-0.2, -0.15) is 9.37 Å². The average molecular weight is 334 g/mol. The number of halogens is 1. The van der Waals surface area contributed by atoms with Crippen molar-refractivity contribution in [1.29, 1.82) is 0 Å². The van der Waals surface area contributed by atoms with Crippen molar-refractivity contribution in [3.8, 4) is 0 Å². The zero-order valence-electron chi connectivity index (χ0n) is 14.2. The van der Waals surface area contributed by atoms with Crippen LogP contribution < -0.4 is 4.90 Å². The fourth-order valence-corrected chi connectivity index (χ4v) is 4.90. The van der Waals surface area contributed by atoms with Crippen LogP contribution in [0.15, 0.2) is 12.3 Å². The molecule has 6 heteroatoms. The van der Waals surface area contributed by atoms with E-state index in [0.717, 1.165) is 58.3 Å². The Hall–Kier alpha value is -1.27. The molecule has 0 amide bonds. The smallest absolute Gasteiger partial charge is 0.227 e. The van der Waals surface area contributed by atoms with E-state index in [4.69, 9.17) is 0 Å². The zero-order chi connectivity index (χ0) is 16.6. The SMILES string of the molecule is O[C@H]1CC[C@H](N2CC[C@]3(CCCN(c4nccc(F)n4)C3)C2)CC1. The molecule has 1 N–H and O–H groups in total. The van der Waals surface area contributed by atoms with Crippen molar-refractivity contribution in [2.45, 2.75) is 57.1 Å². The van der Waals surface area contributed by atoms with E-state index in [1.807, 2.05) is 0 Å². The lowest BCUT2D eigenvalue weighted by atomic mass is 9.79. The molecular weight excluding hydrogens is 307 g/mol. The van der Waals surface area contributed by atoms with E-state index in [2.05, 4.69) is 19.8 Å². The molecule has 1 atom stereocenters. The van der Waals surface area contributed by atoms with Crippen LogP contribution in [0.1, 0.15) is 44.9 Å². The van der Waals surface area contributed by atoms with Gasteiger partial charge in [-0.25, -0.2) is 4.98 Å². The number of rotatable bonds is 2. The van der Waals surface area contributed by atoms with Crippen molar-refractivity contribution in [2.75, 3.05) is 31.1 Å². The molecule has 0 aromatic carbocycles. The molecule has 1 aromatic heterocycles. The molecule has 3 heterocycles. The lowest BCUT2D eigenvalue weighted by molar-refractivity contribution is 0.0770. The Kier molecular flexibility index (Phi) is 4.43. The Bertz CT molecular complexity index is 578. The highest BCUT2D eigenvalue weighted by molar-refractivity contribution is 5.31. The van der Waals surface area contributed by atoms with Crippen LogP contribution in [0.3, 0.4) is 0 Å². The molecule has 5 nitrogen and oxygen atoms in total. The predicted octanol–water partition coefficient (Wildman–Crippen LogP) is 2.21. The molecule has 0 unspecified atom stereocenters. The first-order valence-electron chi connectivity index (χ1n) is 9.29. The van der Waals surface area contributed by atoms with Gasteiger partial charge in [-0.1, -0.05) is 0 Å². The van der Waals surface area contributed by atoms with Gasteiger partial charge >= 0.3 is 0 Å². The molecule has 3 fully saturated rings. The van der Waals surface area contributed by atoms with Crippen LogP contribution in [0.25, 0.3) is 0 Å². The summed E-state index contributed by atoms with van der Waals surface area (Å²) in [6.07, 6.45) is 9.11. The van der Waals surface area contributed by atoms with Crippen molar-refractivity contribution in [1.82, 2.24) is 14.9 Å². The maximum absolute atomic E-state index is 13.4. The highest BCUT2D eigenvalue weighted by Crippen LogP contribution is 2.41. The lowest BCUT2D eigenvalue weighted by Gasteiger charge is -2.41. The van der Waals surface area contributed by atoms with Crippen LogP contribution in [0, 0.1) is 11.4 Å². The summed E-state index contributed by atoms with van der Waals surface area (Å²) in [7, 11) is 0. The van der Waals surface area contributed by atoms with Crippen molar-refractivity contribution in [2.24, 2.45) is 5.41 Å². The number of aromatic nitrogens is 2. The van der Waals surface area contributed by atoms with Crippen molar-refractivity contribution in [3.63, 3.8) is 0 Å². The summed E-state index contributed by atoms with van der Waals surface area (Å²) >= 11 is 0. The zero-order valence-corrected chi connectivity index (χ0v) is 14.2. The molecule has 1 spiro atoms. The minimum atomic E-state index is -0.451. The molecular formula is C18H27FN4O. The minimum Gasteiger partial charge on any atom is -0.393 e. The van der Waals surface area contributed by atoms with Crippen LogP contribution in [0.5, 0.6) is 0 Å². The molecule has 132 valence electrons. The minimum absolute atomic E-state index is 0.0897. The Morgan fingerprint density at radius 1 is 1.12 bits per heavy atom. The van der Waals surface area contributed by atoms with Gasteiger partial charge in [-0.15, -0.1) is 0 Å². The van der Waals surface area contributed by atoms with Crippen molar-refractivity contribution in [3.05, 3.63) is 18.2 Å². The van der Waals surface area contributed by atoms with Gasteiger partial charge < -0.3 is 10.0 Å². The molecule has 1 aromatic rings. The van der Waals surface area contributed by atoms with Gasteiger partial charge in [0.25, 0.3) is 0 Å². The number of likely N-dealkylation sites (tertiary alicyclic amines) is 1. The summed E-state index contributed by atoms with van der Waals surface area (Å²) < 4.78 is 13.4. The lowest BCUT2D eigenvalue weighted by Crippen LogP contribution is -2.47. The van der Waals surface area contributed by atoms with Gasteiger partial charge in [0.15, 0.2) is 0 Å². The summed E-state index contributed by atoms with van der Waals surface area (Å²) in [6, 6.07) is 1.94. The molecule has 2 aliphatic heterocycles. The van der Waals surface area contributed by atoms with E-state index in [1.165, 1.54) is 25.1 Å². The fourth-order valence-electron chi connectivity index (χ4n) is 4.90. The van der Waals surface area contributed by atoms with E-state index in [1.54, 1.807) is 0 Å². The first-order valence-corrected chi connectivity index (χ1v) is 9.29. The standard InChI is InChI=1S/C18H27FN4O/c19-16-6-9-20-17(21-16)23-10-1-7-18(13-23)8-11-22(12-18)14-2-4-15(24)5-3-14/h6,9,14-15,24H,1-5,7-8,10-13H2/t14-,15-,18-/m1/s1. The normalized spacial score (nSPS) is 34.8. The van der Waals surface area contributed by atoms with Crippen LogP contribution >= 0.6 is 0 Å². The number of aliphatic hydroxyl groups is 1. The van der Waals surface area contributed by atoms with Crippen LogP contribution in [-0.4, -0.2) is 58.3 Å². The highest BCUT2D eigenvalue weighted by atomic mass is 19.1. The molecule has 2 saturated heterocycles. The summed E-state index contributed by atoms with van der Waals surface area (Å²) in [5.74, 6) is 0.0850. The monoisotopic (exact) mass is 334 g/mol. The van der Waals surface area contributed by atoms with Crippen molar-refractivity contribution >= 4 is 5.95 Å². The number of nitrogens with zero attached hydrogens (tertiary/aromatic N) is 4. The first-order chi connectivity index (χ1) is 11.6. The number of hydrogen-bond acceptors (Lipinski definition) is 5. The van der Waals surface area contributed by atoms with E-state index in [9.17, 15) is 9.50 Å². The quantitative estimate of drug-likeness (QED) is 0.841. The van der Waals surface area contributed by atoms with Crippen LogP contribution in [0.2, 0.25) is 0 Å². The van der Waals surface area contributed by atoms with E-state index in [-0.39, 0.29) is 6.10 Å². The van der Waals surface area contributed by atoms with Gasteiger partial charge in [0, 0.05) is 43.4 Å².